The molecule has 0 aromatic heterocycles. The van der Waals surface area contributed by atoms with Gasteiger partial charge < -0.3 is 63.4 Å². The number of halogens is 11. The second kappa shape index (κ2) is 37.9. The van der Waals surface area contributed by atoms with Crippen LogP contribution >= 0.6 is 0 Å². The van der Waals surface area contributed by atoms with E-state index in [4.69, 9.17) is 28.4 Å². The van der Waals surface area contributed by atoms with E-state index in [0.29, 0.717) is 44.9 Å². The van der Waals surface area contributed by atoms with Crippen molar-refractivity contribution >= 4 is 29.8 Å². The molecule has 2 heterocycles. The van der Waals surface area contributed by atoms with E-state index in [9.17, 15) is 97.8 Å². The van der Waals surface area contributed by atoms with E-state index in [1.807, 2.05) is 76.2 Å². The summed E-state index contributed by atoms with van der Waals surface area (Å²) in [6, 6.07) is 0. The molecule has 0 aromatic rings. The summed E-state index contributed by atoms with van der Waals surface area (Å²) < 4.78 is 187. The number of hydrogen-bond acceptors (Lipinski definition) is 18. The monoisotopic (exact) mass is 1580 g/mol. The number of aliphatic hydroxyl groups is 5. The smallest absolute Gasteiger partial charge is 0.449 e. The lowest BCUT2D eigenvalue weighted by atomic mass is 9.37. The molecule has 644 valence electrons. The third-order valence-electron chi connectivity index (χ3n) is 22.4. The predicted molar refractivity (Wildman–Crippen MR) is 394 cm³/mol. The van der Waals surface area contributed by atoms with Gasteiger partial charge in [-0.15, -0.1) is 0 Å². The van der Waals surface area contributed by atoms with Crippen LogP contribution in [-0.2, 0) is 61.9 Å². The average Bonchev–Trinajstić information content (AvgIpc) is 1.37. The molecule has 0 aromatic carbocycles. The standard InChI is InChI=1S/C26H44F6O6.C22H38O4.C12H17F5O4.C10H16O4.8CH4/c1-10-20(2,3)19(33)38-18-12-16(22(6,7)36-14-21(4,5)34)11-17(13-18)23(8,9)37-15-24(35,25(27,28)29)26(30,31)32;1-8-17(2,3)16(23)26-22-11-15-9-20(13-22,18(4,5)24)12-21(10-15,14-22)19(6,7)25;1-5-8(2,3)7(18)21-9(4)6-20-11(19,10(9,13)14)12(15,16)17;1-4-10(2,3)9(12)14-7-5-8(11)13-6-7;;;;;;;;/h16-18,34-35H,10-15H2,1-9H3;15,24-25H,8-14H2,1-7H3;19H,5-6H2,1-4H3;7H,4-6H2,1-3H3;8*1H4. The molecular formula is C78H147F11O18. The van der Waals surface area contributed by atoms with Gasteiger partial charge in [0.2, 0.25) is 5.60 Å². The minimum Gasteiger partial charge on any atom is -0.462 e. The molecule has 2 saturated heterocycles. The molecule has 5 saturated carbocycles. The number of carbonyl (C=O) groups excluding carboxylic acids is 5. The Balaban J connectivity index is -0.000000326. The number of rotatable bonds is 22. The molecule has 5 aliphatic carbocycles. The van der Waals surface area contributed by atoms with Crippen LogP contribution in [0.15, 0.2) is 0 Å². The molecule has 7 fully saturated rings. The van der Waals surface area contributed by atoms with Crippen molar-refractivity contribution in [1.82, 2.24) is 0 Å². The Kier molecular flexibility index (Phi) is 40.5. The van der Waals surface area contributed by atoms with Crippen molar-refractivity contribution in [1.29, 1.82) is 0 Å². The normalized spacial score (nSPS) is 27.2. The first kappa shape index (κ1) is 114. The summed E-state index contributed by atoms with van der Waals surface area (Å²) >= 11 is 0. The topological polar surface area (TPSA) is 260 Å². The van der Waals surface area contributed by atoms with Crippen LogP contribution in [0.1, 0.15) is 309 Å². The van der Waals surface area contributed by atoms with Crippen molar-refractivity contribution in [2.24, 2.45) is 50.2 Å². The molecule has 5 N–H and O–H groups in total. The minimum absolute atomic E-state index is 0. The summed E-state index contributed by atoms with van der Waals surface area (Å²) in [6.45, 7) is 35.5. The van der Waals surface area contributed by atoms with Crippen LogP contribution in [0.5, 0.6) is 0 Å². The Labute approximate surface area is 635 Å². The van der Waals surface area contributed by atoms with Gasteiger partial charge in [0.05, 0.1) is 75.9 Å². The van der Waals surface area contributed by atoms with Gasteiger partial charge in [0.25, 0.3) is 5.60 Å². The summed E-state index contributed by atoms with van der Waals surface area (Å²) in [4.78, 5) is 59.9. The molecule has 0 amide bonds. The lowest BCUT2D eigenvalue weighted by Crippen LogP contribution is -2.70. The van der Waals surface area contributed by atoms with Crippen molar-refractivity contribution in [2.75, 3.05) is 26.4 Å². The van der Waals surface area contributed by atoms with Gasteiger partial charge in [-0.25, -0.2) is 0 Å². The van der Waals surface area contributed by atoms with Gasteiger partial charge in [0, 0.05) is 10.8 Å². The average molecular weight is 1580 g/mol. The Hall–Kier alpha value is -3.74. The third-order valence-corrected chi connectivity index (χ3v) is 22.4. The predicted octanol–water partition coefficient (Wildman–Crippen LogP) is 19.2. The third kappa shape index (κ3) is 25.6. The van der Waals surface area contributed by atoms with Gasteiger partial charge in [-0.1, -0.05) is 87.1 Å². The lowest BCUT2D eigenvalue weighted by molar-refractivity contribution is -0.409. The maximum absolute atomic E-state index is 14.0. The number of alkyl halides is 11. The van der Waals surface area contributed by atoms with E-state index < -0.39 is 134 Å². The van der Waals surface area contributed by atoms with Crippen LogP contribution in [0, 0.1) is 50.2 Å². The van der Waals surface area contributed by atoms with E-state index in [1.165, 1.54) is 27.7 Å². The van der Waals surface area contributed by atoms with Crippen LogP contribution in [-0.4, -0.2) is 169 Å². The largest absolute Gasteiger partial charge is 0.462 e. The van der Waals surface area contributed by atoms with Gasteiger partial charge in [0.15, 0.2) is 0 Å². The van der Waals surface area contributed by atoms with Gasteiger partial charge in [-0.2, -0.15) is 48.3 Å². The molecule has 0 radical (unpaired) electrons. The zero-order chi connectivity index (χ0) is 77.7. The minimum atomic E-state index is -6.01. The quantitative estimate of drug-likeness (QED) is 0.0383. The Morgan fingerprint density at radius 3 is 1.15 bits per heavy atom. The molecule has 4 bridgehead atoms. The molecule has 2 aliphatic heterocycles. The van der Waals surface area contributed by atoms with Gasteiger partial charge in [-0.05, 0) is 233 Å². The van der Waals surface area contributed by atoms with Crippen LogP contribution in [0.25, 0.3) is 0 Å². The molecule has 7 aliphatic rings. The maximum Gasteiger partial charge on any atom is 0.449 e. The number of hydrogen-bond donors (Lipinski definition) is 5. The van der Waals surface area contributed by atoms with Crippen LogP contribution < -0.4 is 0 Å². The van der Waals surface area contributed by atoms with E-state index in [-0.39, 0.29) is 139 Å². The van der Waals surface area contributed by atoms with Crippen LogP contribution in [0.2, 0.25) is 0 Å². The highest BCUT2D eigenvalue weighted by Gasteiger charge is 2.83. The molecule has 18 nitrogen and oxygen atoms in total. The second-order valence-corrected chi connectivity index (χ2v) is 34.3. The molecule has 0 spiro atoms. The molecular weight excluding hydrogens is 1430 g/mol. The fourth-order valence-corrected chi connectivity index (χ4v) is 13.1. The highest BCUT2D eigenvalue weighted by atomic mass is 19.4. The first-order chi connectivity index (χ1) is 43.9. The maximum atomic E-state index is 14.0. The van der Waals surface area contributed by atoms with Gasteiger partial charge >= 0.3 is 60.1 Å². The number of esters is 5. The van der Waals surface area contributed by atoms with Crippen molar-refractivity contribution in [3.63, 3.8) is 0 Å². The zero-order valence-corrected chi connectivity index (χ0v) is 62.3. The zero-order valence-electron chi connectivity index (χ0n) is 62.3. The lowest BCUT2D eigenvalue weighted by Gasteiger charge is -2.70. The Bertz CT molecular complexity index is 2750. The summed E-state index contributed by atoms with van der Waals surface area (Å²) in [6.07, 6.45) is -10.7. The highest BCUT2D eigenvalue weighted by molar-refractivity contribution is 5.78. The summed E-state index contributed by atoms with van der Waals surface area (Å²) in [5, 5.41) is 51.0. The molecule has 8 unspecified atom stereocenters. The van der Waals surface area contributed by atoms with Crippen LogP contribution in [0.4, 0.5) is 48.3 Å². The Morgan fingerprint density at radius 1 is 0.495 bits per heavy atom. The highest BCUT2D eigenvalue weighted by Crippen LogP contribution is 2.73. The van der Waals surface area contributed by atoms with Gasteiger partial charge in [0.1, 0.15) is 24.4 Å². The van der Waals surface area contributed by atoms with Crippen molar-refractivity contribution < 1.29 is 136 Å². The number of carbonyl (C=O) groups is 5. The van der Waals surface area contributed by atoms with Crippen molar-refractivity contribution in [3.8, 4) is 0 Å². The van der Waals surface area contributed by atoms with Crippen molar-refractivity contribution in [3.05, 3.63) is 0 Å². The Morgan fingerprint density at radius 2 is 0.841 bits per heavy atom. The first-order valence-corrected chi connectivity index (χ1v) is 34.0. The van der Waals surface area contributed by atoms with E-state index >= 15 is 0 Å². The van der Waals surface area contributed by atoms with E-state index in [2.05, 4.69) is 9.47 Å². The van der Waals surface area contributed by atoms with E-state index in [0.717, 1.165) is 32.1 Å². The summed E-state index contributed by atoms with van der Waals surface area (Å²) in [7, 11) is 0. The van der Waals surface area contributed by atoms with E-state index in [1.54, 1.807) is 48.5 Å². The first-order valence-electron chi connectivity index (χ1n) is 34.0. The molecule has 107 heavy (non-hydrogen) atoms. The molecule has 7 rings (SSSR count). The second-order valence-electron chi connectivity index (χ2n) is 34.3. The van der Waals surface area contributed by atoms with Crippen molar-refractivity contribution in [2.45, 2.75) is 396 Å². The summed E-state index contributed by atoms with van der Waals surface area (Å²) in [5.74, 6) is -12.4. The number of ether oxygens (including phenoxy) is 8. The van der Waals surface area contributed by atoms with Crippen LogP contribution in [0.3, 0.4) is 0 Å². The SMILES string of the molecule is C.C.C.C.C.C.C.C.CCC(C)(C)C(=O)OC1(C)COC(O)(C(F)(F)F)C1(F)F.CCC(C)(C)C(=O)OC12CC3CC(C(C)(C)O)(C1)CC(C(C)(C)O)(C3)C2.CCC(C)(C)C(=O)OC1CC(C(C)(C)OCC(C)(C)O)CC(C(C)(C)OCC(O)(C(F)(F)F)C(F)(F)F)C1.CCC(C)(C)C(=O)OC1COC(=O)C1. The fraction of sp³-hybridized carbons (Fsp3) is 0.936. The fourth-order valence-electron chi connectivity index (χ4n) is 13.1. The number of cyclic esters (lactones) is 1. The molecule has 8 atom stereocenters. The van der Waals surface area contributed by atoms with Gasteiger partial charge in [-0.3, -0.25) is 24.0 Å². The molecule has 29 heteroatoms. The summed E-state index contributed by atoms with van der Waals surface area (Å²) in [5.41, 5.74) is -17.4.